The van der Waals surface area contributed by atoms with Gasteiger partial charge in [-0.05, 0) is 78.1 Å². The van der Waals surface area contributed by atoms with Crippen molar-refractivity contribution in [1.29, 1.82) is 0 Å². The topological polar surface area (TPSA) is 49.7 Å². The summed E-state index contributed by atoms with van der Waals surface area (Å²) in [5.74, 6) is 0.854. The Balaban J connectivity index is 1.44. The van der Waals surface area contributed by atoms with Crippen LogP contribution in [0.2, 0.25) is 0 Å². The SMILES string of the molecule is c1cc2ccc3c(N4CCCC4)c(N4CCCC4)c(N4CCCC4)c4c(On5nnc6ccccc65)cc(c1)c2c34. The minimum Gasteiger partial charge on any atom is -0.369 e. The highest BCUT2D eigenvalue weighted by atomic mass is 16.7. The van der Waals surface area contributed by atoms with Gasteiger partial charge in [0.1, 0.15) is 11.0 Å². The van der Waals surface area contributed by atoms with Gasteiger partial charge in [0, 0.05) is 50.0 Å². The molecule has 3 saturated heterocycles. The average Bonchev–Trinajstić information content (AvgIpc) is 3.84. The number of aromatic nitrogens is 3. The van der Waals surface area contributed by atoms with Gasteiger partial charge in [-0.3, -0.25) is 0 Å². The second kappa shape index (κ2) is 9.13. The van der Waals surface area contributed by atoms with Crippen molar-refractivity contribution < 1.29 is 4.84 Å². The van der Waals surface area contributed by atoms with Gasteiger partial charge in [-0.15, -0.1) is 5.10 Å². The molecule has 9 rings (SSSR count). The Labute approximate surface area is 239 Å². The first-order valence-corrected chi connectivity index (χ1v) is 15.4. The van der Waals surface area contributed by atoms with E-state index in [1.165, 1.54) is 87.9 Å². The third-order valence-electron chi connectivity index (χ3n) is 9.57. The number of nitrogens with zero attached hydrogens (tertiary/aromatic N) is 6. The zero-order chi connectivity index (χ0) is 26.9. The van der Waals surface area contributed by atoms with E-state index in [0.29, 0.717) is 0 Å². The molecule has 6 aromatic rings. The van der Waals surface area contributed by atoms with E-state index < -0.39 is 0 Å². The number of hydrogen-bond acceptors (Lipinski definition) is 6. The molecule has 0 spiro atoms. The summed E-state index contributed by atoms with van der Waals surface area (Å²) in [6, 6.07) is 21.6. The lowest BCUT2D eigenvalue weighted by atomic mass is 9.90. The third kappa shape index (κ3) is 3.51. The van der Waals surface area contributed by atoms with Crippen LogP contribution in [0.15, 0.2) is 60.7 Å². The minimum absolute atomic E-state index is 0.832. The molecule has 7 nitrogen and oxygen atoms in total. The highest BCUT2D eigenvalue weighted by molar-refractivity contribution is 6.32. The summed E-state index contributed by atoms with van der Waals surface area (Å²) in [5, 5.41) is 16.6. The largest absolute Gasteiger partial charge is 0.369 e. The predicted molar refractivity (Wildman–Crippen MR) is 168 cm³/mol. The van der Waals surface area contributed by atoms with Gasteiger partial charge in [0.2, 0.25) is 0 Å². The van der Waals surface area contributed by atoms with Crippen LogP contribution >= 0.6 is 0 Å². The van der Waals surface area contributed by atoms with E-state index in [1.807, 2.05) is 24.3 Å². The lowest BCUT2D eigenvalue weighted by Gasteiger charge is -2.36. The summed E-state index contributed by atoms with van der Waals surface area (Å²) in [6.07, 6.45) is 7.47. The van der Waals surface area contributed by atoms with E-state index in [-0.39, 0.29) is 0 Å². The monoisotopic (exact) mass is 542 g/mol. The van der Waals surface area contributed by atoms with Gasteiger partial charge in [0.25, 0.3) is 0 Å². The van der Waals surface area contributed by atoms with E-state index in [4.69, 9.17) is 4.84 Å². The fraction of sp³-hybridized carbons (Fsp3) is 0.353. The molecule has 0 radical (unpaired) electrons. The number of fused-ring (bicyclic) bond motifs is 1. The average molecular weight is 543 g/mol. The first-order chi connectivity index (χ1) is 20.3. The van der Waals surface area contributed by atoms with Crippen molar-refractivity contribution in [2.45, 2.75) is 38.5 Å². The van der Waals surface area contributed by atoms with Gasteiger partial charge in [-0.1, -0.05) is 47.3 Å². The predicted octanol–water partition coefficient (Wildman–Crippen LogP) is 6.97. The van der Waals surface area contributed by atoms with Gasteiger partial charge < -0.3 is 19.5 Å². The van der Waals surface area contributed by atoms with Crippen molar-refractivity contribution in [1.82, 2.24) is 15.2 Å². The van der Waals surface area contributed by atoms with Crippen LogP contribution in [-0.2, 0) is 0 Å². The van der Waals surface area contributed by atoms with Crippen LogP contribution < -0.4 is 19.5 Å². The molecule has 3 fully saturated rings. The first-order valence-electron chi connectivity index (χ1n) is 15.4. The molecule has 41 heavy (non-hydrogen) atoms. The van der Waals surface area contributed by atoms with Crippen LogP contribution in [0.1, 0.15) is 38.5 Å². The molecule has 7 heteroatoms. The van der Waals surface area contributed by atoms with Crippen LogP contribution in [-0.4, -0.2) is 54.4 Å². The fourth-order valence-electron chi connectivity index (χ4n) is 7.74. The second-order valence-electron chi connectivity index (χ2n) is 12.0. The Morgan fingerprint density at radius 3 is 1.98 bits per heavy atom. The fourth-order valence-corrected chi connectivity index (χ4v) is 7.74. The molecule has 0 amide bonds. The van der Waals surface area contributed by atoms with Gasteiger partial charge >= 0.3 is 0 Å². The molecule has 0 aliphatic carbocycles. The second-order valence-corrected chi connectivity index (χ2v) is 12.0. The molecule has 3 aliphatic rings. The highest BCUT2D eigenvalue weighted by Crippen LogP contribution is 2.55. The van der Waals surface area contributed by atoms with Gasteiger partial charge in [0.05, 0.1) is 22.4 Å². The normalized spacial score (nSPS) is 17.9. The minimum atomic E-state index is 0.832. The Kier molecular flexibility index (Phi) is 5.22. The summed E-state index contributed by atoms with van der Waals surface area (Å²) in [5.41, 5.74) is 5.92. The maximum absolute atomic E-state index is 6.82. The van der Waals surface area contributed by atoms with Crippen molar-refractivity contribution in [3.63, 3.8) is 0 Å². The zero-order valence-electron chi connectivity index (χ0n) is 23.4. The van der Waals surface area contributed by atoms with Crippen LogP contribution in [0.4, 0.5) is 17.1 Å². The molecular formula is C34H34N6O. The first kappa shape index (κ1) is 23.4. The van der Waals surface area contributed by atoms with Gasteiger partial charge in [-0.25, -0.2) is 0 Å². The molecule has 1 aromatic heterocycles. The molecule has 0 saturated carbocycles. The summed E-state index contributed by atoms with van der Waals surface area (Å²) < 4.78 is 0. The molecular weight excluding hydrogens is 508 g/mol. The highest BCUT2D eigenvalue weighted by Gasteiger charge is 2.34. The Bertz CT molecular complexity index is 1910. The lowest BCUT2D eigenvalue weighted by molar-refractivity contribution is 0.187. The van der Waals surface area contributed by atoms with Crippen molar-refractivity contribution in [2.75, 3.05) is 54.0 Å². The van der Waals surface area contributed by atoms with Crippen LogP contribution in [0.25, 0.3) is 43.4 Å². The van der Waals surface area contributed by atoms with E-state index in [2.05, 4.69) is 61.4 Å². The van der Waals surface area contributed by atoms with Crippen LogP contribution in [0, 0.1) is 0 Å². The zero-order valence-corrected chi connectivity index (χ0v) is 23.4. The standard InChI is InChI=1S/C34H34N6O/c1-2-13-27-26(12-1)35-36-40(27)41-28-22-24-11-9-10-23-14-15-25-30(29(23)24)31(28)33(38-18-5-6-19-38)34(39-20-7-8-21-39)32(25)37-16-3-4-17-37/h1-2,9-15,22H,3-8,16-21H2. The van der Waals surface area contributed by atoms with Crippen molar-refractivity contribution >= 4 is 60.4 Å². The molecule has 5 aromatic carbocycles. The summed E-state index contributed by atoms with van der Waals surface area (Å²) in [6.45, 7) is 6.63. The van der Waals surface area contributed by atoms with E-state index in [9.17, 15) is 0 Å². The van der Waals surface area contributed by atoms with Gasteiger partial charge in [0.15, 0.2) is 5.75 Å². The van der Waals surface area contributed by atoms with Gasteiger partial charge in [-0.2, -0.15) is 0 Å². The number of para-hydroxylation sites is 1. The van der Waals surface area contributed by atoms with E-state index >= 15 is 0 Å². The molecule has 0 bridgehead atoms. The molecule has 206 valence electrons. The Morgan fingerprint density at radius 2 is 1.22 bits per heavy atom. The van der Waals surface area contributed by atoms with Crippen molar-refractivity contribution in [3.8, 4) is 5.75 Å². The number of rotatable bonds is 5. The Morgan fingerprint density at radius 1 is 0.561 bits per heavy atom. The summed E-state index contributed by atoms with van der Waals surface area (Å²) in [7, 11) is 0. The maximum atomic E-state index is 6.82. The van der Waals surface area contributed by atoms with Crippen LogP contribution in [0.5, 0.6) is 5.75 Å². The smallest absolute Gasteiger partial charge is 0.168 e. The van der Waals surface area contributed by atoms with E-state index in [1.54, 1.807) is 4.85 Å². The quantitative estimate of drug-likeness (QED) is 0.219. The van der Waals surface area contributed by atoms with Crippen molar-refractivity contribution in [2.24, 2.45) is 0 Å². The third-order valence-corrected chi connectivity index (χ3v) is 9.57. The molecule has 4 heterocycles. The summed E-state index contributed by atoms with van der Waals surface area (Å²) in [4.78, 5) is 16.5. The maximum Gasteiger partial charge on any atom is 0.168 e. The Hall–Kier alpha value is -4.26. The van der Waals surface area contributed by atoms with E-state index in [0.717, 1.165) is 56.1 Å². The number of hydrogen-bond donors (Lipinski definition) is 0. The van der Waals surface area contributed by atoms with Crippen molar-refractivity contribution in [3.05, 3.63) is 60.7 Å². The molecule has 3 aliphatic heterocycles. The lowest BCUT2D eigenvalue weighted by Crippen LogP contribution is -2.29. The number of anilines is 3. The van der Waals surface area contributed by atoms with Crippen LogP contribution in [0.3, 0.4) is 0 Å². The number of benzene rings is 5. The molecule has 0 atom stereocenters. The summed E-state index contributed by atoms with van der Waals surface area (Å²) >= 11 is 0. The molecule has 0 N–H and O–H groups in total. The molecule has 0 unspecified atom stereocenters.